The lowest BCUT2D eigenvalue weighted by molar-refractivity contribution is -0.124. The van der Waals surface area contributed by atoms with Crippen LogP contribution >= 0.6 is 11.3 Å². The summed E-state index contributed by atoms with van der Waals surface area (Å²) in [6.45, 7) is 3.46. The van der Waals surface area contributed by atoms with Crippen LogP contribution in [0.3, 0.4) is 0 Å². The molecule has 5 atom stereocenters. The highest BCUT2D eigenvalue weighted by Crippen LogP contribution is 2.35. The summed E-state index contributed by atoms with van der Waals surface area (Å²) in [6.07, 6.45) is 2.62. The Morgan fingerprint density at radius 2 is 2.09 bits per heavy atom. The number of rotatable bonds is 7. The van der Waals surface area contributed by atoms with Gasteiger partial charge in [0, 0.05) is 43.5 Å². The topological polar surface area (TPSA) is 91.6 Å². The quantitative estimate of drug-likeness (QED) is 0.545. The van der Waals surface area contributed by atoms with Gasteiger partial charge in [-0.3, -0.25) is 9.69 Å². The third-order valence-corrected chi connectivity index (χ3v) is 8.66. The van der Waals surface area contributed by atoms with Crippen LogP contribution in [0.5, 0.6) is 0 Å². The Bertz CT molecular complexity index is 1110. The lowest BCUT2D eigenvalue weighted by Gasteiger charge is -2.35. The minimum Gasteiger partial charge on any atom is -0.373 e. The molecule has 5 unspecified atom stereocenters. The van der Waals surface area contributed by atoms with Gasteiger partial charge in [-0.25, -0.2) is 4.39 Å². The maximum absolute atomic E-state index is 15.0. The van der Waals surface area contributed by atoms with E-state index in [0.717, 1.165) is 61.4 Å². The first kappa shape index (κ1) is 24.3. The molecule has 2 aliphatic heterocycles. The van der Waals surface area contributed by atoms with Gasteiger partial charge < -0.3 is 20.6 Å². The van der Waals surface area contributed by atoms with Gasteiger partial charge in [0.05, 0.1) is 12.1 Å². The van der Waals surface area contributed by atoms with Crippen LogP contribution in [0.25, 0.3) is 11.1 Å². The highest BCUT2D eigenvalue weighted by Gasteiger charge is 2.43. The van der Waals surface area contributed by atoms with Crippen molar-refractivity contribution in [2.75, 3.05) is 33.2 Å². The van der Waals surface area contributed by atoms with E-state index in [1.165, 1.54) is 17.4 Å². The monoisotopic (exact) mass is 497 g/mol. The number of nitriles is 1. The molecule has 3 aliphatic rings. The van der Waals surface area contributed by atoms with Crippen LogP contribution in [0, 0.1) is 23.1 Å². The average molecular weight is 498 g/mol. The van der Waals surface area contributed by atoms with Crippen molar-refractivity contribution in [3.63, 3.8) is 0 Å². The summed E-state index contributed by atoms with van der Waals surface area (Å²) in [5.41, 5.74) is 1.98. The molecule has 1 aromatic carbocycles. The lowest BCUT2D eigenvalue weighted by Crippen LogP contribution is -2.50. The molecule has 186 valence electrons. The van der Waals surface area contributed by atoms with Crippen molar-refractivity contribution >= 4 is 17.2 Å². The summed E-state index contributed by atoms with van der Waals surface area (Å²) in [6, 6.07) is 8.40. The molecule has 7 nitrogen and oxygen atoms in total. The predicted molar refractivity (Wildman–Crippen MR) is 133 cm³/mol. The Labute approximate surface area is 209 Å². The molecule has 0 radical (unpaired) electrons. The van der Waals surface area contributed by atoms with E-state index in [1.54, 1.807) is 6.07 Å². The molecule has 0 spiro atoms. The Hall–Kier alpha value is -2.35. The van der Waals surface area contributed by atoms with E-state index in [9.17, 15) is 19.6 Å². The zero-order valence-electron chi connectivity index (χ0n) is 19.9. The van der Waals surface area contributed by atoms with E-state index < -0.39 is 18.1 Å². The molecule has 1 aromatic heterocycles. The van der Waals surface area contributed by atoms with E-state index in [4.69, 9.17) is 0 Å². The first-order valence-corrected chi connectivity index (χ1v) is 13.2. The van der Waals surface area contributed by atoms with Gasteiger partial charge in [-0.05, 0) is 66.4 Å². The van der Waals surface area contributed by atoms with Crippen LogP contribution in [0.15, 0.2) is 29.6 Å². The largest absolute Gasteiger partial charge is 0.373 e. The number of amides is 1. The molecule has 1 amide bonds. The molecule has 5 rings (SSSR count). The van der Waals surface area contributed by atoms with Crippen molar-refractivity contribution in [3.05, 3.63) is 45.9 Å². The molecule has 3 heterocycles. The second-order valence-electron chi connectivity index (χ2n) is 10.1. The molecule has 3 N–H and O–H groups in total. The SMILES string of the molecule is CN1CCN(C(O)c2cc(-c3ccc(CC(C#N)NC(=O)C4NC5CCC4C5)c(F)c3)cs2)CC1. The zero-order chi connectivity index (χ0) is 24.5. The number of nitrogens with one attached hydrogen (secondary N) is 2. The molecule has 9 heteroatoms. The standard InChI is InChI=1S/C26H32FN5O2S/c1-31-6-8-32(9-7-31)26(34)23-13-19(15-35-23)16-2-3-17(22(27)12-16)10-21(14-28)30-25(33)24-18-4-5-20(11-18)29-24/h2-3,12-13,15,18,20-21,24,26,29,34H,4-11H2,1H3,(H,30,33). The molecular formula is C26H32FN5O2S. The Balaban J connectivity index is 1.21. The summed E-state index contributed by atoms with van der Waals surface area (Å²) >= 11 is 1.47. The maximum atomic E-state index is 15.0. The molecule has 1 aliphatic carbocycles. The highest BCUT2D eigenvalue weighted by atomic mass is 32.1. The fourth-order valence-electron chi connectivity index (χ4n) is 5.54. The maximum Gasteiger partial charge on any atom is 0.238 e. The fraction of sp³-hybridized carbons (Fsp3) is 0.538. The van der Waals surface area contributed by atoms with Crippen LogP contribution in [-0.4, -0.2) is 72.2 Å². The summed E-state index contributed by atoms with van der Waals surface area (Å²) in [5, 5.41) is 28.4. The van der Waals surface area contributed by atoms with Gasteiger partial charge in [0.15, 0.2) is 0 Å². The van der Waals surface area contributed by atoms with Crippen molar-refractivity contribution in [1.29, 1.82) is 5.26 Å². The number of fused-ring (bicyclic) bond motifs is 2. The smallest absolute Gasteiger partial charge is 0.238 e. The molecule has 1 saturated carbocycles. The van der Waals surface area contributed by atoms with E-state index in [1.807, 2.05) is 17.5 Å². The molecule has 3 fully saturated rings. The molecule has 2 saturated heterocycles. The highest BCUT2D eigenvalue weighted by molar-refractivity contribution is 7.10. The van der Waals surface area contributed by atoms with Gasteiger partial charge >= 0.3 is 0 Å². The minimum atomic E-state index is -0.782. The number of carbonyl (C=O) groups excluding carboxylic acids is 1. The number of piperazine rings is 1. The molecule has 35 heavy (non-hydrogen) atoms. The van der Waals surface area contributed by atoms with Crippen LogP contribution in [0.1, 0.15) is 35.9 Å². The Kier molecular flexibility index (Phi) is 7.19. The number of aliphatic hydroxyl groups is 1. The molecule has 2 bridgehead atoms. The van der Waals surface area contributed by atoms with Crippen molar-refractivity contribution in [2.24, 2.45) is 5.92 Å². The number of hydrogen-bond acceptors (Lipinski definition) is 7. The first-order valence-electron chi connectivity index (χ1n) is 12.3. The van der Waals surface area contributed by atoms with Crippen molar-refractivity contribution < 1.29 is 14.3 Å². The molecular weight excluding hydrogens is 465 g/mol. The number of halogens is 1. The number of hydrogen-bond donors (Lipinski definition) is 3. The Morgan fingerprint density at radius 3 is 2.74 bits per heavy atom. The van der Waals surface area contributed by atoms with E-state index in [-0.39, 0.29) is 18.4 Å². The number of carbonyl (C=O) groups is 1. The number of benzene rings is 1. The first-order chi connectivity index (χ1) is 16.9. The normalized spacial score (nSPS) is 26.4. The number of nitrogens with zero attached hydrogens (tertiary/aromatic N) is 3. The van der Waals surface area contributed by atoms with Crippen molar-refractivity contribution in [1.82, 2.24) is 20.4 Å². The number of likely N-dealkylation sites (N-methyl/N-ethyl adjacent to an activating group) is 1. The van der Waals surface area contributed by atoms with Gasteiger partial charge in [-0.1, -0.05) is 12.1 Å². The van der Waals surface area contributed by atoms with E-state index in [2.05, 4.69) is 33.6 Å². The van der Waals surface area contributed by atoms with E-state index in [0.29, 0.717) is 17.5 Å². The number of thiophene rings is 1. The number of aliphatic hydroxyl groups excluding tert-OH is 1. The van der Waals surface area contributed by atoms with Gasteiger partial charge in [-0.2, -0.15) is 5.26 Å². The average Bonchev–Trinajstić information content (AvgIpc) is 3.62. The van der Waals surface area contributed by atoms with Crippen molar-refractivity contribution in [3.8, 4) is 17.2 Å². The van der Waals surface area contributed by atoms with E-state index >= 15 is 0 Å². The fourth-order valence-corrected chi connectivity index (χ4v) is 6.47. The van der Waals surface area contributed by atoms with Gasteiger partial charge in [0.1, 0.15) is 18.1 Å². The summed E-state index contributed by atoms with van der Waals surface area (Å²) in [4.78, 5) is 17.8. The zero-order valence-corrected chi connectivity index (χ0v) is 20.7. The summed E-state index contributed by atoms with van der Waals surface area (Å²) in [7, 11) is 2.08. The van der Waals surface area contributed by atoms with Crippen LogP contribution in [-0.2, 0) is 11.2 Å². The van der Waals surface area contributed by atoms with Crippen molar-refractivity contribution in [2.45, 2.75) is 50.0 Å². The summed E-state index contributed by atoms with van der Waals surface area (Å²) in [5.74, 6) is -0.228. The molecule has 2 aromatic rings. The van der Waals surface area contributed by atoms with Gasteiger partial charge in [-0.15, -0.1) is 11.3 Å². The van der Waals surface area contributed by atoms with Crippen LogP contribution in [0.4, 0.5) is 4.39 Å². The van der Waals surface area contributed by atoms with Gasteiger partial charge in [0.2, 0.25) is 5.91 Å². The predicted octanol–water partition coefficient (Wildman–Crippen LogP) is 2.48. The summed E-state index contributed by atoms with van der Waals surface area (Å²) < 4.78 is 15.0. The third kappa shape index (κ3) is 5.27. The lowest BCUT2D eigenvalue weighted by atomic mass is 9.98. The van der Waals surface area contributed by atoms with Crippen LogP contribution in [0.2, 0.25) is 0 Å². The minimum absolute atomic E-state index is 0.117. The van der Waals surface area contributed by atoms with Gasteiger partial charge in [0.25, 0.3) is 0 Å². The third-order valence-electron chi connectivity index (χ3n) is 7.68. The second kappa shape index (κ2) is 10.3. The second-order valence-corrected chi connectivity index (χ2v) is 11.0. The number of piperidine rings is 1. The Morgan fingerprint density at radius 1 is 1.29 bits per heavy atom. The van der Waals surface area contributed by atoms with Crippen LogP contribution < -0.4 is 10.6 Å².